The number of carbonyl (C=O) groups is 2. The van der Waals surface area contributed by atoms with Gasteiger partial charge in [0.2, 0.25) is 11.8 Å². The highest BCUT2D eigenvalue weighted by Gasteiger charge is 2.53. The summed E-state index contributed by atoms with van der Waals surface area (Å²) in [5.41, 5.74) is -0.803. The van der Waals surface area contributed by atoms with Crippen molar-refractivity contribution in [3.05, 3.63) is 65.2 Å². The molecule has 3 fully saturated rings. The van der Waals surface area contributed by atoms with Crippen LogP contribution in [0.4, 0.5) is 28.0 Å². The van der Waals surface area contributed by atoms with E-state index in [0.717, 1.165) is 23.5 Å². The van der Waals surface area contributed by atoms with E-state index < -0.39 is 64.6 Å². The van der Waals surface area contributed by atoms with E-state index in [9.17, 15) is 37.0 Å². The molecule has 4 atom stereocenters. The Hall–Kier alpha value is -2.91. The third-order valence-electron chi connectivity index (χ3n) is 9.65. The number of hydrogen-bond acceptors (Lipinski definition) is 6. The Morgan fingerprint density at radius 2 is 1.80 bits per heavy atom. The molecule has 5 N–H and O–H groups in total. The maximum absolute atomic E-state index is 15.3. The van der Waals surface area contributed by atoms with E-state index in [2.05, 4.69) is 10.6 Å². The number of rotatable bonds is 8. The quantitative estimate of drug-likeness (QED) is 0.219. The molecule has 2 bridgehead atoms. The highest BCUT2D eigenvalue weighted by Crippen LogP contribution is 2.50. The molecule has 2 aromatic rings. The van der Waals surface area contributed by atoms with Crippen molar-refractivity contribution in [1.29, 1.82) is 0 Å². The summed E-state index contributed by atoms with van der Waals surface area (Å²) in [5, 5.41) is 16.1. The van der Waals surface area contributed by atoms with E-state index in [-0.39, 0.29) is 48.3 Å². The van der Waals surface area contributed by atoms with Crippen molar-refractivity contribution in [3.63, 3.8) is 0 Å². The fourth-order valence-corrected chi connectivity index (χ4v) is 9.05. The fourth-order valence-electron chi connectivity index (χ4n) is 7.19. The van der Waals surface area contributed by atoms with Crippen LogP contribution in [0.1, 0.15) is 56.1 Å². The van der Waals surface area contributed by atoms with Crippen LogP contribution in [0.25, 0.3) is 0 Å². The van der Waals surface area contributed by atoms with Gasteiger partial charge in [0, 0.05) is 61.7 Å². The molecule has 0 spiro atoms. The lowest BCUT2D eigenvalue weighted by Crippen LogP contribution is -2.59. The maximum atomic E-state index is 15.3. The van der Waals surface area contributed by atoms with Crippen LogP contribution in [0.15, 0.2) is 42.5 Å². The predicted molar refractivity (Wildman–Crippen MR) is 164 cm³/mol. The summed E-state index contributed by atoms with van der Waals surface area (Å²) in [4.78, 5) is 27.2. The van der Waals surface area contributed by atoms with Crippen LogP contribution in [-0.4, -0.2) is 85.4 Å². The zero-order chi connectivity index (χ0) is 32.6. The third kappa shape index (κ3) is 7.09. The zero-order valence-electron chi connectivity index (χ0n) is 25.0. The molecule has 14 heteroatoms. The minimum Gasteiger partial charge on any atom is -0.465 e. The topological polar surface area (TPSA) is 125 Å². The molecule has 2 amide bonds. The number of carbonyl (C=O) groups excluding carboxylic acids is 1. The molecular weight excluding hydrogens is 616 g/mol. The number of nitrogens with zero attached hydrogens (tertiary/aromatic N) is 2. The monoisotopic (exact) mass is 656 g/mol. The summed E-state index contributed by atoms with van der Waals surface area (Å²) in [5.74, 6) is -4.75. The maximum Gasteiger partial charge on any atom is 0.407 e. The van der Waals surface area contributed by atoms with Gasteiger partial charge in [0.25, 0.3) is 0 Å². The largest absolute Gasteiger partial charge is 0.465 e. The van der Waals surface area contributed by atoms with Crippen LogP contribution in [0.5, 0.6) is 0 Å². The second-order valence-corrected chi connectivity index (χ2v) is 14.6. The van der Waals surface area contributed by atoms with Crippen molar-refractivity contribution in [3.8, 4) is 0 Å². The van der Waals surface area contributed by atoms with Gasteiger partial charge in [-0.15, -0.1) is 10.8 Å². The molecule has 2 saturated heterocycles. The van der Waals surface area contributed by atoms with Crippen molar-refractivity contribution >= 4 is 28.5 Å². The lowest BCUT2D eigenvalue weighted by Gasteiger charge is -2.49. The molecule has 2 unspecified atom stereocenters. The number of piperazine rings is 1. The van der Waals surface area contributed by atoms with Crippen molar-refractivity contribution in [2.75, 3.05) is 31.2 Å². The molecular formula is C31H40F4N4O5S. The van der Waals surface area contributed by atoms with Gasteiger partial charge in [-0.1, -0.05) is 18.2 Å². The second kappa shape index (κ2) is 13.1. The predicted octanol–water partition coefficient (Wildman–Crippen LogP) is 6.06. The number of amides is 2. The van der Waals surface area contributed by atoms with Gasteiger partial charge in [-0.3, -0.25) is 18.8 Å². The van der Waals surface area contributed by atoms with Gasteiger partial charge in [-0.25, -0.2) is 26.7 Å². The first-order valence-electron chi connectivity index (χ1n) is 15.2. The molecule has 1 saturated carbocycles. The smallest absolute Gasteiger partial charge is 0.407 e. The zero-order valence-corrected chi connectivity index (χ0v) is 25.8. The Morgan fingerprint density at radius 3 is 2.47 bits per heavy atom. The van der Waals surface area contributed by atoms with Crippen LogP contribution in [-0.2, 0) is 16.6 Å². The highest BCUT2D eigenvalue weighted by atomic mass is 32.3. The average Bonchev–Trinajstić information content (AvgIpc) is 3.10. The number of carboxylic acid groups (broad SMARTS) is 1. The summed E-state index contributed by atoms with van der Waals surface area (Å²) in [6, 6.07) is 7.52. The molecule has 1 aliphatic carbocycles. The van der Waals surface area contributed by atoms with Gasteiger partial charge in [0.15, 0.2) is 0 Å². The second-order valence-electron chi connectivity index (χ2n) is 12.4. The van der Waals surface area contributed by atoms with Gasteiger partial charge in [-0.2, -0.15) is 0 Å². The summed E-state index contributed by atoms with van der Waals surface area (Å²) in [6.07, 6.45) is -1.18. The average molecular weight is 657 g/mol. The molecule has 0 aromatic heterocycles. The van der Waals surface area contributed by atoms with Crippen LogP contribution in [0.3, 0.4) is 0 Å². The first-order valence-corrected chi connectivity index (χ1v) is 16.8. The van der Waals surface area contributed by atoms with Gasteiger partial charge in [0.1, 0.15) is 17.7 Å². The van der Waals surface area contributed by atoms with Crippen molar-refractivity contribution < 1.29 is 41.4 Å². The minimum absolute atomic E-state index is 0.100. The fraction of sp³-hybridized carbons (Fsp3) is 0.548. The van der Waals surface area contributed by atoms with E-state index >= 15 is 4.39 Å². The number of halogens is 4. The van der Waals surface area contributed by atoms with Crippen LogP contribution >= 0.6 is 10.8 Å². The molecule has 2 aromatic carbocycles. The number of benzene rings is 2. The number of hydrogen-bond donors (Lipinski definition) is 5. The highest BCUT2D eigenvalue weighted by molar-refractivity contribution is 8.22. The molecule has 5 rings (SSSR count). The molecule has 2 heterocycles. The van der Waals surface area contributed by atoms with Crippen LogP contribution in [0.2, 0.25) is 0 Å². The first-order chi connectivity index (χ1) is 21.2. The Bertz CT molecular complexity index is 1390. The molecule has 45 heavy (non-hydrogen) atoms. The number of fused-ring (bicyclic) bond motifs is 2. The Labute approximate surface area is 261 Å². The van der Waals surface area contributed by atoms with Gasteiger partial charge >= 0.3 is 6.09 Å². The number of alkyl halides is 2. The first kappa shape index (κ1) is 33.5. The van der Waals surface area contributed by atoms with E-state index in [1.165, 1.54) is 37.4 Å². The van der Waals surface area contributed by atoms with Crippen molar-refractivity contribution in [2.45, 2.75) is 80.8 Å². The summed E-state index contributed by atoms with van der Waals surface area (Å²) < 4.78 is 81.3. The Morgan fingerprint density at radius 1 is 1.11 bits per heavy atom. The van der Waals surface area contributed by atoms with E-state index in [1.54, 1.807) is 4.31 Å². The molecule has 3 aliphatic rings. The van der Waals surface area contributed by atoms with Gasteiger partial charge in [-0.05, 0) is 68.4 Å². The Balaban J connectivity index is 1.44. The number of likely N-dealkylation sites (N-methyl/N-ethyl adjacent to an activating group) is 1. The normalized spacial score (nSPS) is 26.6. The van der Waals surface area contributed by atoms with Crippen LogP contribution in [0, 0.1) is 11.6 Å². The van der Waals surface area contributed by atoms with E-state index in [4.69, 9.17) is 0 Å². The number of anilines is 1. The SMILES string of the molecule is CN(C(=O)O)[C@H](C(=O)Nc1cccc(F)c1CC[C@H]1CNC2CCCS(O)(O)N1C2)C1(c2ccc(F)cc2)CCC(F)(F)CC1. The lowest BCUT2D eigenvalue weighted by atomic mass is 9.63. The standard InChI is InChI=1S/C31H40F4N4O5S/c1-38(29(41)42)27(30(13-15-31(34,35)16-14-30)20-7-9-21(32)10-8-20)28(40)37-26-6-2-5-25(33)24(26)12-11-23-18-36-22-4-3-17-45(43,44)39(23)19-22/h2,5-10,22-23,27,36,43-44H,3-4,11-19H2,1H3,(H,37,40)(H,41,42)/t22?,23-,27+/m0/s1. The summed E-state index contributed by atoms with van der Waals surface area (Å²) >= 11 is 0. The molecule has 0 radical (unpaired) electrons. The van der Waals surface area contributed by atoms with E-state index in [0.29, 0.717) is 31.5 Å². The third-order valence-corrected chi connectivity index (χ3v) is 11.7. The Kier molecular flexibility index (Phi) is 9.71. The summed E-state index contributed by atoms with van der Waals surface area (Å²) in [6.45, 7) is 0.939. The van der Waals surface area contributed by atoms with E-state index in [1.807, 2.05) is 0 Å². The molecule has 2 aliphatic heterocycles. The summed E-state index contributed by atoms with van der Waals surface area (Å²) in [7, 11) is -1.80. The van der Waals surface area contributed by atoms with Crippen molar-refractivity contribution in [2.24, 2.45) is 0 Å². The molecule has 248 valence electrons. The van der Waals surface area contributed by atoms with Gasteiger partial charge in [0.05, 0.1) is 5.75 Å². The lowest BCUT2D eigenvalue weighted by molar-refractivity contribution is -0.126. The molecule has 9 nitrogen and oxygen atoms in total. The number of nitrogens with one attached hydrogen (secondary N) is 2. The van der Waals surface area contributed by atoms with Gasteiger partial charge < -0.3 is 15.7 Å². The minimum atomic E-state index is -3.01. The van der Waals surface area contributed by atoms with Crippen LogP contribution < -0.4 is 10.6 Å². The van der Waals surface area contributed by atoms with Crippen molar-refractivity contribution in [1.82, 2.24) is 14.5 Å².